The summed E-state index contributed by atoms with van der Waals surface area (Å²) < 4.78 is 22.2. The third kappa shape index (κ3) is 5.49. The molecule has 0 bridgehead atoms. The molecule has 0 saturated heterocycles. The summed E-state index contributed by atoms with van der Waals surface area (Å²) >= 11 is 2.15. The van der Waals surface area contributed by atoms with Crippen molar-refractivity contribution in [2.24, 2.45) is 0 Å². The zero-order valence-corrected chi connectivity index (χ0v) is 19.1. The zero-order valence-electron chi connectivity index (χ0n) is 16.9. The van der Waals surface area contributed by atoms with Crippen LogP contribution >= 0.6 is 22.6 Å². The fraction of sp³-hybridized carbons (Fsp3) is 0.318. The number of rotatable bonds is 10. The Bertz CT molecular complexity index is 938. The number of para-hydroxylation sites is 1. The van der Waals surface area contributed by atoms with E-state index in [1.807, 2.05) is 12.1 Å². The number of carbonyl (C=O) groups is 2. The molecule has 0 aliphatic carbocycles. The minimum absolute atomic E-state index is 0.0709. The molecule has 0 aliphatic heterocycles. The summed E-state index contributed by atoms with van der Waals surface area (Å²) in [5.74, 6) is 0.0229. The van der Waals surface area contributed by atoms with Crippen LogP contribution in [0.4, 0.5) is 0 Å². The summed E-state index contributed by atoms with van der Waals surface area (Å²) in [5.41, 5.74) is -1.29. The van der Waals surface area contributed by atoms with Crippen LogP contribution in [0.1, 0.15) is 25.3 Å². The lowest BCUT2D eigenvalue weighted by molar-refractivity contribution is -0.134. The van der Waals surface area contributed by atoms with Gasteiger partial charge in [0.15, 0.2) is 24.1 Å². The van der Waals surface area contributed by atoms with E-state index in [-0.39, 0.29) is 25.4 Å². The van der Waals surface area contributed by atoms with Gasteiger partial charge in [-0.3, -0.25) is 9.59 Å². The van der Waals surface area contributed by atoms with E-state index in [2.05, 4.69) is 28.7 Å². The Morgan fingerprint density at radius 2 is 1.83 bits per heavy atom. The monoisotopic (exact) mass is 523 g/mol. The van der Waals surface area contributed by atoms with Crippen LogP contribution in [0, 0.1) is 14.9 Å². The van der Waals surface area contributed by atoms with Crippen LogP contribution in [-0.2, 0) is 19.7 Å². The Kier molecular flexibility index (Phi) is 8.62. The number of methoxy groups -OCH3 is 2. The molecule has 2 rings (SSSR count). The third-order valence-corrected chi connectivity index (χ3v) is 5.24. The van der Waals surface area contributed by atoms with Crippen LogP contribution in [0.15, 0.2) is 42.5 Å². The van der Waals surface area contributed by atoms with Gasteiger partial charge >= 0.3 is 5.97 Å². The first kappa shape index (κ1) is 23.6. The topological polar surface area (TPSA) is 94.9 Å². The first-order chi connectivity index (χ1) is 14.4. The standard InChI is InChI=1S/C22H22INO6/c1-15(25)22(13-24,12-11-20(26)30-17-9-7-16(23)8-10-17)18-5-4-6-19(28-3)21(18)29-14-27-2/h4-10H,11-12,14H2,1-3H3/t22-/m0/s1. The smallest absolute Gasteiger partial charge is 0.311 e. The number of carbonyl (C=O) groups excluding carboxylic acids is 2. The molecule has 0 radical (unpaired) electrons. The molecule has 0 N–H and O–H groups in total. The van der Waals surface area contributed by atoms with Crippen molar-refractivity contribution >= 4 is 34.3 Å². The van der Waals surface area contributed by atoms with E-state index < -0.39 is 17.2 Å². The van der Waals surface area contributed by atoms with E-state index in [9.17, 15) is 14.9 Å². The van der Waals surface area contributed by atoms with E-state index in [4.69, 9.17) is 18.9 Å². The van der Waals surface area contributed by atoms with Crippen LogP contribution in [-0.4, -0.2) is 32.8 Å². The number of Topliss-reactive ketones (excluding diaryl/α,β-unsaturated/α-hetero) is 1. The fourth-order valence-corrected chi connectivity index (χ4v) is 3.31. The van der Waals surface area contributed by atoms with Gasteiger partial charge in [-0.2, -0.15) is 5.26 Å². The molecule has 2 aromatic rings. The van der Waals surface area contributed by atoms with Crippen molar-refractivity contribution in [3.05, 3.63) is 51.6 Å². The number of halogens is 1. The molecule has 7 nitrogen and oxygen atoms in total. The second kappa shape index (κ2) is 10.9. The lowest BCUT2D eigenvalue weighted by Crippen LogP contribution is -2.34. The van der Waals surface area contributed by atoms with Crippen molar-refractivity contribution in [2.45, 2.75) is 25.2 Å². The molecule has 2 aromatic carbocycles. The van der Waals surface area contributed by atoms with Gasteiger partial charge in [-0.1, -0.05) is 12.1 Å². The maximum absolute atomic E-state index is 12.6. The van der Waals surface area contributed by atoms with E-state index >= 15 is 0 Å². The molecule has 0 unspecified atom stereocenters. The number of ketones is 1. The number of nitriles is 1. The second-order valence-corrected chi connectivity index (χ2v) is 7.63. The summed E-state index contributed by atoms with van der Waals surface area (Å²) in [7, 11) is 2.91. The van der Waals surface area contributed by atoms with E-state index in [0.717, 1.165) is 3.57 Å². The van der Waals surface area contributed by atoms with E-state index in [1.54, 1.807) is 30.3 Å². The van der Waals surface area contributed by atoms with Crippen molar-refractivity contribution in [2.75, 3.05) is 21.0 Å². The molecule has 0 heterocycles. The number of ether oxygens (including phenoxy) is 4. The minimum atomic E-state index is -1.61. The maximum Gasteiger partial charge on any atom is 0.311 e. The predicted octanol–water partition coefficient (Wildman–Crippen LogP) is 4.02. The van der Waals surface area contributed by atoms with Crippen LogP contribution in [0.25, 0.3) is 0 Å². The van der Waals surface area contributed by atoms with Crippen molar-refractivity contribution < 1.29 is 28.5 Å². The number of esters is 1. The summed E-state index contributed by atoms with van der Waals surface area (Å²) in [5, 5.41) is 10.00. The average molecular weight is 523 g/mol. The quantitative estimate of drug-likeness (QED) is 0.201. The molecular weight excluding hydrogens is 501 g/mol. The number of nitrogens with zero attached hydrogens (tertiary/aromatic N) is 1. The first-order valence-electron chi connectivity index (χ1n) is 9.05. The number of benzene rings is 2. The molecule has 30 heavy (non-hydrogen) atoms. The van der Waals surface area contributed by atoms with Gasteiger partial charge in [0.25, 0.3) is 0 Å². The zero-order chi connectivity index (χ0) is 22.1. The van der Waals surface area contributed by atoms with Crippen molar-refractivity contribution in [3.8, 4) is 23.3 Å². The van der Waals surface area contributed by atoms with Gasteiger partial charge in [-0.25, -0.2) is 0 Å². The number of hydrogen-bond donors (Lipinski definition) is 0. The largest absolute Gasteiger partial charge is 0.493 e. The SMILES string of the molecule is COCOc1c(OC)cccc1[C@](C#N)(CCC(=O)Oc1ccc(I)cc1)C(C)=O. The van der Waals surface area contributed by atoms with Crippen molar-refractivity contribution in [3.63, 3.8) is 0 Å². The average Bonchev–Trinajstić information content (AvgIpc) is 2.74. The Morgan fingerprint density at radius 3 is 2.40 bits per heavy atom. The molecule has 0 saturated carbocycles. The summed E-state index contributed by atoms with van der Waals surface area (Å²) in [6.45, 7) is 1.22. The Hall–Kier alpha value is -2.64. The van der Waals surface area contributed by atoms with Crippen LogP contribution in [0.2, 0.25) is 0 Å². The van der Waals surface area contributed by atoms with Crippen LogP contribution in [0.3, 0.4) is 0 Å². The first-order valence-corrected chi connectivity index (χ1v) is 10.1. The molecule has 0 aliphatic rings. The van der Waals surface area contributed by atoms with Crippen molar-refractivity contribution in [1.29, 1.82) is 5.26 Å². The number of hydrogen-bond acceptors (Lipinski definition) is 7. The van der Waals surface area contributed by atoms with Gasteiger partial charge in [0.05, 0.1) is 13.2 Å². The summed E-state index contributed by atoms with van der Waals surface area (Å²) in [6.07, 6.45) is -0.210. The Morgan fingerprint density at radius 1 is 1.13 bits per heavy atom. The molecule has 0 spiro atoms. The van der Waals surface area contributed by atoms with Gasteiger partial charge in [0, 0.05) is 22.7 Å². The normalized spacial score (nSPS) is 12.4. The molecule has 0 aromatic heterocycles. The van der Waals surface area contributed by atoms with Crippen molar-refractivity contribution in [1.82, 2.24) is 0 Å². The summed E-state index contributed by atoms with van der Waals surface area (Å²) in [4.78, 5) is 25.0. The minimum Gasteiger partial charge on any atom is -0.493 e. The van der Waals surface area contributed by atoms with Gasteiger partial charge < -0.3 is 18.9 Å². The highest BCUT2D eigenvalue weighted by Gasteiger charge is 2.41. The highest BCUT2D eigenvalue weighted by atomic mass is 127. The van der Waals surface area contributed by atoms with Gasteiger partial charge in [0.1, 0.15) is 11.2 Å². The third-order valence-electron chi connectivity index (χ3n) is 4.52. The van der Waals surface area contributed by atoms with Crippen LogP contribution < -0.4 is 14.2 Å². The van der Waals surface area contributed by atoms with Gasteiger partial charge in [-0.15, -0.1) is 0 Å². The predicted molar refractivity (Wildman–Crippen MR) is 117 cm³/mol. The molecule has 1 atom stereocenters. The molecule has 0 amide bonds. The lowest BCUT2D eigenvalue weighted by atomic mass is 9.74. The fourth-order valence-electron chi connectivity index (χ4n) is 2.95. The van der Waals surface area contributed by atoms with E-state index in [1.165, 1.54) is 21.1 Å². The highest BCUT2D eigenvalue weighted by molar-refractivity contribution is 14.1. The van der Waals surface area contributed by atoms with Gasteiger partial charge in [-0.05, 0) is 66.3 Å². The van der Waals surface area contributed by atoms with Crippen LogP contribution in [0.5, 0.6) is 17.2 Å². The molecule has 8 heteroatoms. The van der Waals surface area contributed by atoms with Gasteiger partial charge in [0.2, 0.25) is 0 Å². The second-order valence-electron chi connectivity index (χ2n) is 6.39. The molecule has 0 fully saturated rings. The maximum atomic E-state index is 12.6. The summed E-state index contributed by atoms with van der Waals surface area (Å²) in [6, 6.07) is 14.0. The highest BCUT2D eigenvalue weighted by Crippen LogP contribution is 2.41. The molecule has 158 valence electrons. The Balaban J connectivity index is 2.32. The van der Waals surface area contributed by atoms with E-state index in [0.29, 0.717) is 17.1 Å². The lowest BCUT2D eigenvalue weighted by Gasteiger charge is -2.27. The molecular formula is C22H22INO6. The Labute approximate surface area is 189 Å².